The lowest BCUT2D eigenvalue weighted by Gasteiger charge is -2.10. The Balaban J connectivity index is 2.06. The van der Waals surface area contributed by atoms with Crippen molar-refractivity contribution in [2.75, 3.05) is 6.61 Å². The summed E-state index contributed by atoms with van der Waals surface area (Å²) in [5, 5.41) is 8.98. The number of aliphatic hydroxyl groups is 1. The maximum absolute atomic E-state index is 12.3. The van der Waals surface area contributed by atoms with Crippen molar-refractivity contribution in [1.29, 1.82) is 0 Å². The summed E-state index contributed by atoms with van der Waals surface area (Å²) in [6, 6.07) is 11.0. The van der Waals surface area contributed by atoms with Crippen LogP contribution >= 0.6 is 0 Å². The molecule has 0 aromatic heterocycles. The molecule has 3 nitrogen and oxygen atoms in total. The number of rotatable bonds is 5. The summed E-state index contributed by atoms with van der Waals surface area (Å²) < 4.78 is 5.52. The summed E-state index contributed by atoms with van der Waals surface area (Å²) in [7, 11) is 0. The Morgan fingerprint density at radius 3 is 2.24 bits per heavy atom. The molecule has 21 heavy (non-hydrogen) atoms. The van der Waals surface area contributed by atoms with E-state index >= 15 is 0 Å². The van der Waals surface area contributed by atoms with Crippen LogP contribution in [-0.2, 0) is 6.61 Å². The van der Waals surface area contributed by atoms with Crippen LogP contribution in [-0.4, -0.2) is 17.5 Å². The minimum absolute atomic E-state index is 0.00104. The van der Waals surface area contributed by atoms with Crippen molar-refractivity contribution in [3.05, 3.63) is 64.2 Å². The van der Waals surface area contributed by atoms with Gasteiger partial charge in [0.05, 0.1) is 6.61 Å². The highest BCUT2D eigenvalue weighted by atomic mass is 16.5. The fraction of sp³-hybridized carbons (Fsp3) is 0.278. The quantitative estimate of drug-likeness (QED) is 0.856. The van der Waals surface area contributed by atoms with E-state index in [0.29, 0.717) is 11.3 Å². The molecule has 0 amide bonds. The molecule has 2 aromatic carbocycles. The number of carbonyl (C=O) groups excluding carboxylic acids is 1. The fourth-order valence-corrected chi connectivity index (χ4v) is 2.18. The van der Waals surface area contributed by atoms with Gasteiger partial charge < -0.3 is 9.84 Å². The van der Waals surface area contributed by atoms with E-state index < -0.39 is 0 Å². The average molecular weight is 284 g/mol. The number of ether oxygens (including phenoxy) is 1. The number of benzene rings is 2. The van der Waals surface area contributed by atoms with Gasteiger partial charge in [-0.1, -0.05) is 18.2 Å². The van der Waals surface area contributed by atoms with Gasteiger partial charge in [0.2, 0.25) is 0 Å². The van der Waals surface area contributed by atoms with Crippen LogP contribution in [0, 0.1) is 20.8 Å². The number of Topliss-reactive ketones (excluding diaryl/α,β-unsaturated/α-hetero) is 1. The minimum atomic E-state index is -0.0261. The summed E-state index contributed by atoms with van der Waals surface area (Å²) in [4.78, 5) is 12.3. The molecule has 0 aliphatic rings. The van der Waals surface area contributed by atoms with Gasteiger partial charge in [-0.15, -0.1) is 0 Å². The minimum Gasteiger partial charge on any atom is -0.485 e. The zero-order chi connectivity index (χ0) is 15.4. The Kier molecular flexibility index (Phi) is 4.76. The molecule has 0 saturated heterocycles. The Hall–Kier alpha value is -2.13. The first-order valence-electron chi connectivity index (χ1n) is 6.95. The SMILES string of the molecule is Cc1cc(C)c(C(=O)COc2ccc(CO)cc2)cc1C. The molecule has 1 N–H and O–H groups in total. The molecule has 2 rings (SSSR count). The largest absolute Gasteiger partial charge is 0.485 e. The van der Waals surface area contributed by atoms with Gasteiger partial charge in [-0.2, -0.15) is 0 Å². The molecule has 0 aliphatic carbocycles. The summed E-state index contributed by atoms with van der Waals surface area (Å²) >= 11 is 0. The van der Waals surface area contributed by atoms with Crippen LogP contribution in [0.25, 0.3) is 0 Å². The molecule has 0 unspecified atom stereocenters. The Morgan fingerprint density at radius 2 is 1.62 bits per heavy atom. The monoisotopic (exact) mass is 284 g/mol. The third-order valence-corrected chi connectivity index (χ3v) is 3.62. The first-order chi connectivity index (χ1) is 10.0. The second-order valence-corrected chi connectivity index (χ2v) is 5.27. The average Bonchev–Trinajstić information content (AvgIpc) is 2.49. The van der Waals surface area contributed by atoms with Gasteiger partial charge >= 0.3 is 0 Å². The molecule has 2 aromatic rings. The molecule has 0 bridgehead atoms. The van der Waals surface area contributed by atoms with Gasteiger partial charge in [0, 0.05) is 5.56 Å². The van der Waals surface area contributed by atoms with Crippen molar-refractivity contribution in [2.45, 2.75) is 27.4 Å². The molecule has 0 saturated carbocycles. The van der Waals surface area contributed by atoms with Gasteiger partial charge in [-0.05, 0) is 61.2 Å². The highest BCUT2D eigenvalue weighted by molar-refractivity contribution is 5.98. The number of aliphatic hydroxyl groups excluding tert-OH is 1. The lowest BCUT2D eigenvalue weighted by atomic mass is 9.98. The van der Waals surface area contributed by atoms with E-state index in [-0.39, 0.29) is 19.0 Å². The van der Waals surface area contributed by atoms with E-state index in [1.807, 2.05) is 32.9 Å². The second kappa shape index (κ2) is 6.55. The van der Waals surface area contributed by atoms with Crippen molar-refractivity contribution in [2.24, 2.45) is 0 Å². The number of hydrogen-bond donors (Lipinski definition) is 1. The van der Waals surface area contributed by atoms with E-state index in [4.69, 9.17) is 9.84 Å². The second-order valence-electron chi connectivity index (χ2n) is 5.27. The van der Waals surface area contributed by atoms with Crippen molar-refractivity contribution >= 4 is 5.78 Å². The first-order valence-corrected chi connectivity index (χ1v) is 6.95. The zero-order valence-corrected chi connectivity index (χ0v) is 12.6. The molecule has 0 atom stereocenters. The van der Waals surface area contributed by atoms with Crippen LogP contribution in [0.2, 0.25) is 0 Å². The van der Waals surface area contributed by atoms with Gasteiger partial charge in [0.25, 0.3) is 0 Å². The van der Waals surface area contributed by atoms with Crippen LogP contribution < -0.4 is 4.74 Å². The molecule has 0 spiro atoms. The molecule has 110 valence electrons. The van der Waals surface area contributed by atoms with Gasteiger partial charge in [-0.3, -0.25) is 4.79 Å². The highest BCUT2D eigenvalue weighted by Crippen LogP contribution is 2.17. The number of hydrogen-bond acceptors (Lipinski definition) is 3. The van der Waals surface area contributed by atoms with Gasteiger partial charge in [0.1, 0.15) is 5.75 Å². The third-order valence-electron chi connectivity index (χ3n) is 3.62. The molecule has 0 aliphatic heterocycles. The van der Waals surface area contributed by atoms with Crippen molar-refractivity contribution in [1.82, 2.24) is 0 Å². The lowest BCUT2D eigenvalue weighted by molar-refractivity contribution is 0.0920. The van der Waals surface area contributed by atoms with Crippen LogP contribution in [0.1, 0.15) is 32.6 Å². The van der Waals surface area contributed by atoms with Crippen LogP contribution in [0.4, 0.5) is 0 Å². The zero-order valence-electron chi connectivity index (χ0n) is 12.6. The maximum atomic E-state index is 12.3. The molecule has 3 heteroatoms. The predicted molar refractivity (Wildman–Crippen MR) is 82.8 cm³/mol. The maximum Gasteiger partial charge on any atom is 0.200 e. The molecular weight excluding hydrogens is 264 g/mol. The number of ketones is 1. The fourth-order valence-electron chi connectivity index (χ4n) is 2.18. The van der Waals surface area contributed by atoms with Crippen molar-refractivity contribution in [3.63, 3.8) is 0 Å². The van der Waals surface area contributed by atoms with E-state index in [2.05, 4.69) is 0 Å². The van der Waals surface area contributed by atoms with E-state index in [9.17, 15) is 4.79 Å². The van der Waals surface area contributed by atoms with Crippen molar-refractivity contribution in [3.8, 4) is 5.75 Å². The Labute approximate surface area is 125 Å². The first kappa shape index (κ1) is 15.3. The molecular formula is C18H20O3. The standard InChI is InChI=1S/C18H20O3/c1-12-8-14(3)17(9-13(12)2)18(20)11-21-16-6-4-15(10-19)5-7-16/h4-9,19H,10-11H2,1-3H3. The summed E-state index contributed by atoms with van der Waals surface area (Å²) in [5.41, 5.74) is 4.80. The van der Waals surface area contributed by atoms with E-state index in [0.717, 1.165) is 16.7 Å². The number of aryl methyl sites for hydroxylation is 3. The molecule has 0 radical (unpaired) electrons. The molecule has 0 fully saturated rings. The predicted octanol–water partition coefficient (Wildman–Crippen LogP) is 3.37. The summed E-state index contributed by atoms with van der Waals surface area (Å²) in [5.74, 6) is 0.601. The highest BCUT2D eigenvalue weighted by Gasteiger charge is 2.11. The van der Waals surface area contributed by atoms with E-state index in [1.165, 1.54) is 5.56 Å². The van der Waals surface area contributed by atoms with Crippen LogP contribution in [0.15, 0.2) is 36.4 Å². The normalized spacial score (nSPS) is 10.5. The lowest BCUT2D eigenvalue weighted by Crippen LogP contribution is -2.13. The van der Waals surface area contributed by atoms with Crippen LogP contribution in [0.5, 0.6) is 5.75 Å². The molecule has 0 heterocycles. The van der Waals surface area contributed by atoms with Gasteiger partial charge in [0.15, 0.2) is 12.4 Å². The third kappa shape index (κ3) is 3.70. The smallest absolute Gasteiger partial charge is 0.200 e. The summed E-state index contributed by atoms with van der Waals surface area (Å²) in [6.45, 7) is 5.99. The van der Waals surface area contributed by atoms with E-state index in [1.54, 1.807) is 24.3 Å². The van der Waals surface area contributed by atoms with Crippen LogP contribution in [0.3, 0.4) is 0 Å². The Bertz CT molecular complexity index is 642. The van der Waals surface area contributed by atoms with Gasteiger partial charge in [-0.25, -0.2) is 0 Å². The van der Waals surface area contributed by atoms with Crippen molar-refractivity contribution < 1.29 is 14.6 Å². The number of carbonyl (C=O) groups is 1. The summed E-state index contributed by atoms with van der Waals surface area (Å²) in [6.07, 6.45) is 0. The Morgan fingerprint density at radius 1 is 1.00 bits per heavy atom. The topological polar surface area (TPSA) is 46.5 Å².